The maximum absolute atomic E-state index is 5.95. The molecule has 0 aromatic heterocycles. The van der Waals surface area contributed by atoms with Crippen molar-refractivity contribution in [3.05, 3.63) is 0 Å². The van der Waals surface area contributed by atoms with E-state index in [0.717, 1.165) is 38.5 Å². The summed E-state index contributed by atoms with van der Waals surface area (Å²) in [5.41, 5.74) is 0. The zero-order valence-electron chi connectivity index (χ0n) is 13.2. The second kappa shape index (κ2) is 13.7. The molecule has 0 saturated carbocycles. The zero-order chi connectivity index (χ0) is 14.4. The van der Waals surface area contributed by atoms with Crippen LogP contribution in [0, 0.1) is 0 Å². The van der Waals surface area contributed by atoms with Gasteiger partial charge in [0.1, 0.15) is 0 Å². The summed E-state index contributed by atoms with van der Waals surface area (Å²) in [4.78, 5) is 0. The summed E-state index contributed by atoms with van der Waals surface area (Å²) in [5.74, 6) is 0. The van der Waals surface area contributed by atoms with E-state index in [1.165, 1.54) is 0 Å². The van der Waals surface area contributed by atoms with Crippen LogP contribution in [0.5, 0.6) is 0 Å². The molecule has 0 unspecified atom stereocenters. The van der Waals surface area contributed by atoms with Gasteiger partial charge in [-0.1, -0.05) is 0 Å². The van der Waals surface area contributed by atoms with E-state index in [9.17, 15) is 0 Å². The first-order valence-corrected chi connectivity index (χ1v) is 11.8. The average molecular weight is 356 g/mol. The molecule has 0 amide bonds. The van der Waals surface area contributed by atoms with Crippen LogP contribution in [0.15, 0.2) is 0 Å². The van der Waals surface area contributed by atoms with Crippen molar-refractivity contribution in [2.24, 2.45) is 0 Å². The minimum absolute atomic E-state index is 0.598. The Kier molecular flexibility index (Phi) is 14.2. The molecule has 4 nitrogen and oxygen atoms in total. The molecule has 0 heterocycles. The summed E-state index contributed by atoms with van der Waals surface area (Å²) in [6, 6.07) is 0. The number of hydrogen-bond acceptors (Lipinski definition) is 4. The van der Waals surface area contributed by atoms with Crippen LogP contribution in [0.25, 0.3) is 0 Å². The van der Waals surface area contributed by atoms with Gasteiger partial charge < -0.3 is 0 Å². The van der Waals surface area contributed by atoms with E-state index in [4.69, 9.17) is 11.3 Å². The summed E-state index contributed by atoms with van der Waals surface area (Å²) in [6.07, 6.45) is 6.41. The molecule has 0 radical (unpaired) electrons. The quantitative estimate of drug-likeness (QED) is 0.436. The third-order valence-corrected chi connectivity index (χ3v) is 8.34. The third-order valence-electron chi connectivity index (χ3n) is 2.65. The Balaban J connectivity index is 4.37. The van der Waals surface area contributed by atoms with E-state index >= 15 is 0 Å². The van der Waals surface area contributed by atoms with Gasteiger partial charge in [0.2, 0.25) is 0 Å². The Morgan fingerprint density at radius 3 is 1.21 bits per heavy atom. The predicted octanol–water partition coefficient (Wildman–Crippen LogP) is 4.29. The van der Waals surface area contributed by atoms with E-state index < -0.39 is 22.0 Å². The van der Waals surface area contributed by atoms with Gasteiger partial charge in [-0.2, -0.15) is 0 Å². The minimum atomic E-state index is -3.73. The van der Waals surface area contributed by atoms with E-state index in [0.29, 0.717) is 26.4 Å². The van der Waals surface area contributed by atoms with Crippen LogP contribution >= 0.6 is 0 Å². The third kappa shape index (κ3) is 10.1. The molecule has 0 saturated heterocycles. The van der Waals surface area contributed by atoms with Crippen molar-refractivity contribution in [1.29, 1.82) is 0 Å². The Bertz CT molecular complexity index is 164. The van der Waals surface area contributed by atoms with Gasteiger partial charge in [0.15, 0.2) is 0 Å². The van der Waals surface area contributed by atoms with Crippen LogP contribution < -0.4 is 0 Å². The number of hydrogen-bond donors (Lipinski definition) is 0. The van der Waals surface area contributed by atoms with Gasteiger partial charge in [-0.05, 0) is 0 Å². The van der Waals surface area contributed by atoms with Crippen molar-refractivity contribution in [2.45, 2.75) is 66.2 Å². The van der Waals surface area contributed by atoms with Crippen LogP contribution in [0.1, 0.15) is 66.2 Å². The SMILES string of the molecule is CCCC[O][Zr]([O]CC)([O]CCCC)[O]CCCC. The van der Waals surface area contributed by atoms with Gasteiger partial charge in [0.25, 0.3) is 0 Å². The summed E-state index contributed by atoms with van der Waals surface area (Å²) in [5, 5.41) is 0. The molecular formula is C14H32O4Zr. The van der Waals surface area contributed by atoms with E-state index in [1.807, 2.05) is 6.92 Å². The predicted molar refractivity (Wildman–Crippen MR) is 74.2 cm³/mol. The first-order chi connectivity index (χ1) is 9.24. The van der Waals surface area contributed by atoms with Crippen molar-refractivity contribution >= 4 is 0 Å². The molecule has 0 aliphatic rings. The first-order valence-electron chi connectivity index (χ1n) is 7.80. The van der Waals surface area contributed by atoms with Crippen molar-refractivity contribution < 1.29 is 33.3 Å². The van der Waals surface area contributed by atoms with Crippen LogP contribution in [-0.2, 0) is 33.3 Å². The molecule has 19 heavy (non-hydrogen) atoms. The van der Waals surface area contributed by atoms with Gasteiger partial charge in [0.05, 0.1) is 0 Å². The molecule has 0 bridgehead atoms. The molecule has 0 aliphatic carbocycles. The Labute approximate surface area is 126 Å². The standard InChI is InChI=1S/3C4H9O.C2H5O.Zr/c3*1-2-3-4-5;1-2-3;/h3*2-4H2,1H3;2H2,1H3;/q4*-1;+4. The zero-order valence-corrected chi connectivity index (χ0v) is 15.7. The molecule has 0 rings (SSSR count). The first kappa shape index (κ1) is 19.7. The van der Waals surface area contributed by atoms with Crippen molar-refractivity contribution in [1.82, 2.24) is 0 Å². The Morgan fingerprint density at radius 1 is 0.579 bits per heavy atom. The van der Waals surface area contributed by atoms with Crippen LogP contribution in [0.2, 0.25) is 0 Å². The van der Waals surface area contributed by atoms with Gasteiger partial charge in [-0.25, -0.2) is 0 Å². The Morgan fingerprint density at radius 2 is 0.947 bits per heavy atom. The average Bonchev–Trinajstić information content (AvgIpc) is 2.40. The second-order valence-corrected chi connectivity index (χ2v) is 9.84. The summed E-state index contributed by atoms with van der Waals surface area (Å²) in [7, 11) is 0. The number of unbranched alkanes of at least 4 members (excludes halogenated alkanes) is 3. The van der Waals surface area contributed by atoms with Crippen molar-refractivity contribution in [2.75, 3.05) is 26.4 Å². The van der Waals surface area contributed by atoms with Crippen molar-refractivity contribution in [3.8, 4) is 0 Å². The van der Waals surface area contributed by atoms with Gasteiger partial charge in [-0.15, -0.1) is 0 Å². The van der Waals surface area contributed by atoms with Gasteiger partial charge in [0, 0.05) is 0 Å². The van der Waals surface area contributed by atoms with Gasteiger partial charge >= 0.3 is 126 Å². The summed E-state index contributed by atoms with van der Waals surface area (Å²) in [6.45, 7) is 11.1. The fraction of sp³-hybridized carbons (Fsp3) is 1.00. The van der Waals surface area contributed by atoms with Gasteiger partial charge in [-0.3, -0.25) is 0 Å². The van der Waals surface area contributed by atoms with E-state index in [1.54, 1.807) is 0 Å². The molecular weight excluding hydrogens is 323 g/mol. The molecule has 0 atom stereocenters. The Hall–Kier alpha value is 0.723. The van der Waals surface area contributed by atoms with E-state index in [2.05, 4.69) is 20.8 Å². The normalized spacial score (nSPS) is 12.0. The second-order valence-electron chi connectivity index (χ2n) is 4.54. The molecule has 0 aromatic rings. The fourth-order valence-electron chi connectivity index (χ4n) is 1.45. The number of rotatable bonds is 14. The summed E-state index contributed by atoms with van der Waals surface area (Å²) >= 11 is -3.73. The molecule has 5 heteroatoms. The molecule has 116 valence electrons. The molecule has 0 aromatic carbocycles. The molecule has 0 spiro atoms. The monoisotopic (exact) mass is 354 g/mol. The maximum atomic E-state index is 5.95. The topological polar surface area (TPSA) is 36.9 Å². The van der Waals surface area contributed by atoms with E-state index in [-0.39, 0.29) is 0 Å². The van der Waals surface area contributed by atoms with Crippen LogP contribution in [0.4, 0.5) is 0 Å². The van der Waals surface area contributed by atoms with Crippen LogP contribution in [-0.4, -0.2) is 26.4 Å². The van der Waals surface area contributed by atoms with Crippen molar-refractivity contribution in [3.63, 3.8) is 0 Å². The fourth-order valence-corrected chi connectivity index (χ4v) is 6.46. The molecule has 0 fully saturated rings. The summed E-state index contributed by atoms with van der Waals surface area (Å²) < 4.78 is 23.7. The molecule has 0 N–H and O–H groups in total. The molecule has 0 aliphatic heterocycles. The van der Waals surface area contributed by atoms with Crippen LogP contribution in [0.3, 0.4) is 0 Å².